The van der Waals surface area contributed by atoms with Crippen LogP contribution < -0.4 is 5.73 Å². The predicted octanol–water partition coefficient (Wildman–Crippen LogP) is 2.13. The maximum absolute atomic E-state index is 5.84. The van der Waals surface area contributed by atoms with Crippen LogP contribution in [0.2, 0.25) is 0 Å². The van der Waals surface area contributed by atoms with Crippen LogP contribution in [0.3, 0.4) is 0 Å². The van der Waals surface area contributed by atoms with E-state index in [1.807, 2.05) is 35.3 Å². The van der Waals surface area contributed by atoms with Crippen LogP contribution in [0, 0.1) is 0 Å². The van der Waals surface area contributed by atoms with Crippen LogP contribution in [0.5, 0.6) is 0 Å². The van der Waals surface area contributed by atoms with Crippen LogP contribution in [-0.2, 0) is 13.1 Å². The van der Waals surface area contributed by atoms with Crippen molar-refractivity contribution >= 4 is 5.69 Å². The molecule has 1 fully saturated rings. The average molecular weight is 256 g/mol. The van der Waals surface area contributed by atoms with Gasteiger partial charge in [0.05, 0.1) is 6.54 Å². The SMILES string of the molecule is Nc1cccc(CN(CCn2cccn2)C2CC2)c1. The Labute approximate surface area is 113 Å². The Bertz CT molecular complexity index is 517. The van der Waals surface area contributed by atoms with E-state index in [2.05, 4.69) is 22.1 Å². The van der Waals surface area contributed by atoms with Gasteiger partial charge in [-0.05, 0) is 36.6 Å². The summed E-state index contributed by atoms with van der Waals surface area (Å²) < 4.78 is 1.99. The molecular formula is C15H20N4. The number of hydrogen-bond donors (Lipinski definition) is 1. The van der Waals surface area contributed by atoms with Crippen molar-refractivity contribution in [2.45, 2.75) is 32.0 Å². The lowest BCUT2D eigenvalue weighted by molar-refractivity contribution is 0.240. The summed E-state index contributed by atoms with van der Waals surface area (Å²) in [7, 11) is 0. The Morgan fingerprint density at radius 1 is 1.32 bits per heavy atom. The van der Waals surface area contributed by atoms with Gasteiger partial charge in [-0.1, -0.05) is 12.1 Å². The van der Waals surface area contributed by atoms with E-state index >= 15 is 0 Å². The summed E-state index contributed by atoms with van der Waals surface area (Å²) in [5.74, 6) is 0. The van der Waals surface area contributed by atoms with Crippen molar-refractivity contribution in [2.24, 2.45) is 0 Å². The van der Waals surface area contributed by atoms with Gasteiger partial charge in [0.25, 0.3) is 0 Å². The molecule has 4 nitrogen and oxygen atoms in total. The number of aromatic nitrogens is 2. The fourth-order valence-electron chi connectivity index (χ4n) is 2.42. The number of nitrogen functional groups attached to an aromatic ring is 1. The van der Waals surface area contributed by atoms with Gasteiger partial charge in [-0.3, -0.25) is 9.58 Å². The van der Waals surface area contributed by atoms with Gasteiger partial charge in [0, 0.05) is 37.2 Å². The highest BCUT2D eigenvalue weighted by molar-refractivity contribution is 5.40. The summed E-state index contributed by atoms with van der Waals surface area (Å²) >= 11 is 0. The molecule has 100 valence electrons. The molecule has 4 heteroatoms. The molecule has 0 saturated heterocycles. The van der Waals surface area contributed by atoms with E-state index < -0.39 is 0 Å². The summed E-state index contributed by atoms with van der Waals surface area (Å²) in [6.07, 6.45) is 6.49. The molecule has 0 bridgehead atoms. The molecule has 2 N–H and O–H groups in total. The van der Waals surface area contributed by atoms with Gasteiger partial charge in [-0.15, -0.1) is 0 Å². The molecule has 1 aliphatic rings. The zero-order chi connectivity index (χ0) is 13.1. The molecule has 0 amide bonds. The molecule has 0 spiro atoms. The fourth-order valence-corrected chi connectivity index (χ4v) is 2.42. The summed E-state index contributed by atoms with van der Waals surface area (Å²) in [6.45, 7) is 2.98. The van der Waals surface area contributed by atoms with E-state index in [1.165, 1.54) is 18.4 Å². The number of nitrogens with two attached hydrogens (primary N) is 1. The second-order valence-corrected chi connectivity index (χ2v) is 5.22. The molecule has 0 atom stereocenters. The number of benzene rings is 1. The third kappa shape index (κ3) is 3.35. The molecule has 1 heterocycles. The fraction of sp³-hybridized carbons (Fsp3) is 0.400. The van der Waals surface area contributed by atoms with Crippen molar-refractivity contribution in [3.63, 3.8) is 0 Å². The number of hydrogen-bond acceptors (Lipinski definition) is 3. The first-order valence-corrected chi connectivity index (χ1v) is 6.87. The van der Waals surface area contributed by atoms with Gasteiger partial charge in [0.1, 0.15) is 0 Å². The first kappa shape index (κ1) is 12.2. The Balaban J connectivity index is 1.61. The predicted molar refractivity (Wildman–Crippen MR) is 76.5 cm³/mol. The molecule has 1 saturated carbocycles. The molecular weight excluding hydrogens is 236 g/mol. The van der Waals surface area contributed by atoms with Gasteiger partial charge in [0.15, 0.2) is 0 Å². The van der Waals surface area contributed by atoms with Crippen molar-refractivity contribution in [1.29, 1.82) is 0 Å². The molecule has 19 heavy (non-hydrogen) atoms. The molecule has 0 aliphatic heterocycles. The Kier molecular flexibility index (Phi) is 3.51. The number of anilines is 1. The van der Waals surface area contributed by atoms with E-state index in [-0.39, 0.29) is 0 Å². The molecule has 1 aromatic heterocycles. The van der Waals surface area contributed by atoms with Crippen molar-refractivity contribution in [3.8, 4) is 0 Å². The largest absolute Gasteiger partial charge is 0.399 e. The monoisotopic (exact) mass is 256 g/mol. The van der Waals surface area contributed by atoms with Crippen molar-refractivity contribution in [1.82, 2.24) is 14.7 Å². The van der Waals surface area contributed by atoms with Crippen molar-refractivity contribution < 1.29 is 0 Å². The normalized spacial score (nSPS) is 15.0. The Morgan fingerprint density at radius 2 is 2.21 bits per heavy atom. The van der Waals surface area contributed by atoms with Crippen LogP contribution >= 0.6 is 0 Å². The lowest BCUT2D eigenvalue weighted by Crippen LogP contribution is -2.29. The van der Waals surface area contributed by atoms with Crippen LogP contribution in [0.15, 0.2) is 42.7 Å². The van der Waals surface area contributed by atoms with Gasteiger partial charge < -0.3 is 5.73 Å². The van der Waals surface area contributed by atoms with E-state index in [9.17, 15) is 0 Å². The zero-order valence-corrected chi connectivity index (χ0v) is 11.1. The molecule has 0 radical (unpaired) electrons. The summed E-state index contributed by atoms with van der Waals surface area (Å²) in [5.41, 5.74) is 7.99. The van der Waals surface area contributed by atoms with E-state index in [0.717, 1.165) is 31.4 Å². The van der Waals surface area contributed by atoms with Gasteiger partial charge in [-0.2, -0.15) is 5.10 Å². The zero-order valence-electron chi connectivity index (χ0n) is 11.1. The van der Waals surface area contributed by atoms with E-state index in [1.54, 1.807) is 0 Å². The summed E-state index contributed by atoms with van der Waals surface area (Å²) in [5, 5.41) is 4.26. The first-order chi connectivity index (χ1) is 9.31. The van der Waals surface area contributed by atoms with Crippen LogP contribution in [-0.4, -0.2) is 27.3 Å². The highest BCUT2D eigenvalue weighted by Crippen LogP contribution is 2.28. The third-order valence-corrected chi connectivity index (χ3v) is 3.58. The van der Waals surface area contributed by atoms with E-state index in [0.29, 0.717) is 0 Å². The standard InChI is InChI=1S/C15H20N4/c16-14-4-1-3-13(11-14)12-18(15-5-6-15)9-10-19-8-2-7-17-19/h1-4,7-8,11,15H,5-6,9-10,12,16H2. The summed E-state index contributed by atoms with van der Waals surface area (Å²) in [4.78, 5) is 2.54. The topological polar surface area (TPSA) is 47.1 Å². The highest BCUT2D eigenvalue weighted by Gasteiger charge is 2.28. The van der Waals surface area contributed by atoms with Crippen LogP contribution in [0.4, 0.5) is 5.69 Å². The van der Waals surface area contributed by atoms with Gasteiger partial charge >= 0.3 is 0 Å². The van der Waals surface area contributed by atoms with Gasteiger partial charge in [-0.25, -0.2) is 0 Å². The minimum absolute atomic E-state index is 0.747. The van der Waals surface area contributed by atoms with Crippen molar-refractivity contribution in [2.75, 3.05) is 12.3 Å². The van der Waals surface area contributed by atoms with Crippen LogP contribution in [0.1, 0.15) is 18.4 Å². The second kappa shape index (κ2) is 5.45. The maximum Gasteiger partial charge on any atom is 0.0536 e. The molecule has 0 unspecified atom stereocenters. The van der Waals surface area contributed by atoms with Crippen LogP contribution in [0.25, 0.3) is 0 Å². The van der Waals surface area contributed by atoms with E-state index in [4.69, 9.17) is 5.73 Å². The minimum atomic E-state index is 0.747. The van der Waals surface area contributed by atoms with Gasteiger partial charge in [0.2, 0.25) is 0 Å². The third-order valence-electron chi connectivity index (χ3n) is 3.58. The lowest BCUT2D eigenvalue weighted by atomic mass is 10.2. The average Bonchev–Trinajstić information content (AvgIpc) is 3.11. The minimum Gasteiger partial charge on any atom is -0.399 e. The molecule has 3 rings (SSSR count). The smallest absolute Gasteiger partial charge is 0.0536 e. The lowest BCUT2D eigenvalue weighted by Gasteiger charge is -2.22. The Hall–Kier alpha value is -1.81. The molecule has 2 aromatic rings. The highest BCUT2D eigenvalue weighted by atomic mass is 15.3. The quantitative estimate of drug-likeness (QED) is 0.805. The Morgan fingerprint density at radius 3 is 2.89 bits per heavy atom. The number of nitrogens with zero attached hydrogens (tertiary/aromatic N) is 3. The first-order valence-electron chi connectivity index (χ1n) is 6.87. The molecule has 1 aromatic carbocycles. The molecule has 1 aliphatic carbocycles. The summed E-state index contributed by atoms with van der Waals surface area (Å²) in [6, 6.07) is 10.9. The second-order valence-electron chi connectivity index (χ2n) is 5.22. The maximum atomic E-state index is 5.84. The number of rotatable bonds is 6. The van der Waals surface area contributed by atoms with Crippen molar-refractivity contribution in [3.05, 3.63) is 48.3 Å².